The molecule has 1 amide bonds. The highest BCUT2D eigenvalue weighted by molar-refractivity contribution is 5.93. The van der Waals surface area contributed by atoms with E-state index in [0.717, 1.165) is 44.4 Å². The average Bonchev–Trinajstić information content (AvgIpc) is 3.16. The van der Waals surface area contributed by atoms with Crippen LogP contribution in [0.2, 0.25) is 0 Å². The van der Waals surface area contributed by atoms with Crippen molar-refractivity contribution in [2.75, 3.05) is 6.54 Å². The molecule has 1 aliphatic carbocycles. The van der Waals surface area contributed by atoms with Crippen molar-refractivity contribution in [3.8, 4) is 0 Å². The van der Waals surface area contributed by atoms with E-state index < -0.39 is 0 Å². The summed E-state index contributed by atoms with van der Waals surface area (Å²) in [5.41, 5.74) is 0.374. The van der Waals surface area contributed by atoms with E-state index in [2.05, 4.69) is 5.16 Å². The minimum atomic E-state index is -0.0866. The predicted octanol–water partition coefficient (Wildman–Crippen LogP) is 3.16. The molecule has 120 valence electrons. The van der Waals surface area contributed by atoms with Crippen LogP contribution in [0, 0.1) is 5.92 Å². The molecule has 0 N–H and O–H groups in total. The summed E-state index contributed by atoms with van der Waals surface area (Å²) in [6.45, 7) is 4.74. The molecule has 2 atom stereocenters. The summed E-state index contributed by atoms with van der Waals surface area (Å²) in [6, 6.07) is 1.80. The monoisotopic (exact) mass is 304 g/mol. The van der Waals surface area contributed by atoms with Crippen molar-refractivity contribution in [3.05, 3.63) is 17.5 Å². The average molecular weight is 304 g/mol. The lowest BCUT2D eigenvalue weighted by Gasteiger charge is -2.32. The Bertz CT molecular complexity index is 564. The maximum atomic E-state index is 12.7. The summed E-state index contributed by atoms with van der Waals surface area (Å²) in [4.78, 5) is 26.8. The molecule has 0 spiro atoms. The number of hydrogen-bond acceptors (Lipinski definition) is 4. The van der Waals surface area contributed by atoms with Crippen LogP contribution < -0.4 is 0 Å². The molecule has 0 bridgehead atoms. The first-order valence-corrected chi connectivity index (χ1v) is 8.38. The molecule has 2 fully saturated rings. The Balaban J connectivity index is 1.76. The number of carbonyl (C=O) groups is 2. The molecule has 0 radical (unpaired) electrons. The van der Waals surface area contributed by atoms with Crippen LogP contribution in [0.3, 0.4) is 0 Å². The van der Waals surface area contributed by atoms with Gasteiger partial charge in [0.1, 0.15) is 11.5 Å². The quantitative estimate of drug-likeness (QED) is 0.860. The molecule has 2 heterocycles. The van der Waals surface area contributed by atoms with Crippen LogP contribution in [0.5, 0.6) is 0 Å². The number of aromatic nitrogens is 1. The fourth-order valence-electron chi connectivity index (χ4n) is 3.69. The fraction of sp³-hybridized carbons (Fsp3) is 0.706. The van der Waals surface area contributed by atoms with Crippen molar-refractivity contribution in [2.45, 2.75) is 64.3 Å². The van der Waals surface area contributed by atoms with E-state index in [1.54, 1.807) is 6.07 Å². The first-order valence-electron chi connectivity index (χ1n) is 8.38. The molecule has 22 heavy (non-hydrogen) atoms. The Morgan fingerprint density at radius 3 is 2.82 bits per heavy atom. The summed E-state index contributed by atoms with van der Waals surface area (Å²) < 4.78 is 5.24. The van der Waals surface area contributed by atoms with Gasteiger partial charge < -0.3 is 9.42 Å². The van der Waals surface area contributed by atoms with E-state index in [1.807, 2.05) is 18.7 Å². The first-order chi connectivity index (χ1) is 10.6. The largest absolute Gasteiger partial charge is 0.360 e. The van der Waals surface area contributed by atoms with Gasteiger partial charge in [-0.25, -0.2) is 0 Å². The minimum Gasteiger partial charge on any atom is -0.360 e. The highest BCUT2D eigenvalue weighted by atomic mass is 16.5. The fourth-order valence-corrected chi connectivity index (χ4v) is 3.69. The third-order valence-corrected chi connectivity index (χ3v) is 4.94. The third-order valence-electron chi connectivity index (χ3n) is 4.94. The minimum absolute atomic E-state index is 0.0247. The lowest BCUT2D eigenvalue weighted by atomic mass is 9.82. The molecular weight excluding hydrogens is 280 g/mol. The second-order valence-corrected chi connectivity index (χ2v) is 6.80. The Morgan fingerprint density at radius 2 is 2.14 bits per heavy atom. The standard InChI is InChI=1S/C17H24N2O3/c1-11(2)16-10-13(18-22-16)17(21)19-9-5-7-14(19)12-6-3-4-8-15(12)20/h10-12,14H,3-9H2,1-2H3/t12-,14+/m1/s1. The van der Waals surface area contributed by atoms with Gasteiger partial charge in [0.2, 0.25) is 0 Å². The van der Waals surface area contributed by atoms with Gasteiger partial charge in [-0.15, -0.1) is 0 Å². The molecule has 1 aromatic heterocycles. The van der Waals surface area contributed by atoms with Gasteiger partial charge in [-0.05, 0) is 25.7 Å². The van der Waals surface area contributed by atoms with Crippen molar-refractivity contribution in [3.63, 3.8) is 0 Å². The lowest BCUT2D eigenvalue weighted by molar-refractivity contribution is -0.126. The van der Waals surface area contributed by atoms with Crippen LogP contribution in [0.15, 0.2) is 10.6 Å². The zero-order chi connectivity index (χ0) is 15.7. The van der Waals surface area contributed by atoms with E-state index in [4.69, 9.17) is 4.52 Å². The summed E-state index contributed by atoms with van der Waals surface area (Å²) in [6.07, 6.45) is 5.58. The number of rotatable bonds is 3. The zero-order valence-corrected chi connectivity index (χ0v) is 13.4. The predicted molar refractivity (Wildman–Crippen MR) is 81.6 cm³/mol. The molecule has 1 aliphatic heterocycles. The van der Waals surface area contributed by atoms with Gasteiger partial charge in [0, 0.05) is 36.9 Å². The summed E-state index contributed by atoms with van der Waals surface area (Å²) in [5.74, 6) is 1.21. The Morgan fingerprint density at radius 1 is 1.32 bits per heavy atom. The SMILES string of the molecule is CC(C)c1cc(C(=O)N2CCC[C@H]2[C@H]2CCCCC2=O)no1. The third kappa shape index (κ3) is 2.81. The van der Waals surface area contributed by atoms with Crippen molar-refractivity contribution in [1.29, 1.82) is 0 Å². The van der Waals surface area contributed by atoms with E-state index in [-0.39, 0.29) is 23.8 Å². The van der Waals surface area contributed by atoms with E-state index in [1.165, 1.54) is 0 Å². The van der Waals surface area contributed by atoms with Gasteiger partial charge in [-0.1, -0.05) is 25.4 Å². The Kier molecular flexibility index (Phi) is 4.32. The molecule has 5 nitrogen and oxygen atoms in total. The molecule has 1 saturated heterocycles. The molecule has 2 aliphatic rings. The van der Waals surface area contributed by atoms with Crippen LogP contribution in [0.25, 0.3) is 0 Å². The van der Waals surface area contributed by atoms with Gasteiger partial charge in [0.15, 0.2) is 5.69 Å². The Hall–Kier alpha value is -1.65. The number of ketones is 1. The smallest absolute Gasteiger partial charge is 0.276 e. The molecule has 0 unspecified atom stereocenters. The maximum absolute atomic E-state index is 12.7. The first kappa shape index (κ1) is 15.3. The number of carbonyl (C=O) groups excluding carboxylic acids is 2. The summed E-state index contributed by atoms with van der Waals surface area (Å²) >= 11 is 0. The van der Waals surface area contributed by atoms with E-state index in [9.17, 15) is 9.59 Å². The van der Waals surface area contributed by atoms with Gasteiger partial charge in [-0.2, -0.15) is 0 Å². The number of likely N-dealkylation sites (tertiary alicyclic amines) is 1. The molecule has 1 saturated carbocycles. The molecule has 3 rings (SSSR count). The highest BCUT2D eigenvalue weighted by Crippen LogP contribution is 2.33. The van der Waals surface area contributed by atoms with Crippen LogP contribution in [-0.2, 0) is 4.79 Å². The highest BCUT2D eigenvalue weighted by Gasteiger charge is 2.39. The lowest BCUT2D eigenvalue weighted by Crippen LogP contribution is -2.43. The summed E-state index contributed by atoms with van der Waals surface area (Å²) in [5, 5.41) is 3.93. The maximum Gasteiger partial charge on any atom is 0.276 e. The number of nitrogens with zero attached hydrogens (tertiary/aromatic N) is 2. The van der Waals surface area contributed by atoms with Gasteiger partial charge >= 0.3 is 0 Å². The normalized spacial score (nSPS) is 26.0. The van der Waals surface area contributed by atoms with E-state index >= 15 is 0 Å². The van der Waals surface area contributed by atoms with Crippen molar-refractivity contribution < 1.29 is 14.1 Å². The van der Waals surface area contributed by atoms with Crippen LogP contribution in [-0.4, -0.2) is 34.3 Å². The number of amides is 1. The van der Waals surface area contributed by atoms with Crippen molar-refractivity contribution in [1.82, 2.24) is 10.1 Å². The van der Waals surface area contributed by atoms with Crippen LogP contribution >= 0.6 is 0 Å². The molecule has 5 heteroatoms. The topological polar surface area (TPSA) is 63.4 Å². The molecular formula is C17H24N2O3. The van der Waals surface area contributed by atoms with Gasteiger partial charge in [0.05, 0.1) is 0 Å². The molecule has 1 aromatic rings. The van der Waals surface area contributed by atoms with Crippen LogP contribution in [0.1, 0.15) is 74.5 Å². The molecule has 0 aromatic carbocycles. The second kappa shape index (κ2) is 6.23. The zero-order valence-electron chi connectivity index (χ0n) is 13.4. The van der Waals surface area contributed by atoms with Gasteiger partial charge in [0.25, 0.3) is 5.91 Å². The van der Waals surface area contributed by atoms with Crippen LogP contribution in [0.4, 0.5) is 0 Å². The van der Waals surface area contributed by atoms with Gasteiger partial charge in [-0.3, -0.25) is 9.59 Å². The van der Waals surface area contributed by atoms with Crippen molar-refractivity contribution >= 4 is 11.7 Å². The Labute approximate surface area is 131 Å². The number of hydrogen-bond donors (Lipinski definition) is 0. The summed E-state index contributed by atoms with van der Waals surface area (Å²) in [7, 11) is 0. The van der Waals surface area contributed by atoms with E-state index in [0.29, 0.717) is 17.9 Å². The van der Waals surface area contributed by atoms with Crippen molar-refractivity contribution in [2.24, 2.45) is 5.92 Å². The number of Topliss-reactive ketones (excluding diaryl/α,β-unsaturated/α-hetero) is 1. The second-order valence-electron chi connectivity index (χ2n) is 6.80.